The van der Waals surface area contributed by atoms with Crippen LogP contribution in [-0.2, 0) is 10.2 Å². The minimum atomic E-state index is -0.113. The molecule has 0 aromatic heterocycles. The highest BCUT2D eigenvalue weighted by Crippen LogP contribution is 2.39. The molecule has 18 heavy (non-hydrogen) atoms. The van der Waals surface area contributed by atoms with Crippen molar-refractivity contribution in [2.24, 2.45) is 0 Å². The zero-order valence-corrected chi connectivity index (χ0v) is 10.7. The van der Waals surface area contributed by atoms with Crippen LogP contribution in [0, 0.1) is 0 Å². The number of hydrogen-bond acceptors (Lipinski definition) is 1. The molecule has 0 saturated carbocycles. The summed E-state index contributed by atoms with van der Waals surface area (Å²) in [6, 6.07) is 14.9. The fourth-order valence-electron chi connectivity index (χ4n) is 2.99. The summed E-state index contributed by atoms with van der Waals surface area (Å²) >= 11 is 0. The number of nitrogens with one attached hydrogen (secondary N) is 1. The Bertz CT molecular complexity index is 614. The van der Waals surface area contributed by atoms with Crippen molar-refractivity contribution >= 4 is 16.7 Å². The Labute approximate surface area is 107 Å². The minimum absolute atomic E-state index is 0.113. The van der Waals surface area contributed by atoms with Gasteiger partial charge in [0.25, 0.3) is 0 Å². The second-order valence-corrected chi connectivity index (χ2v) is 5.41. The van der Waals surface area contributed by atoms with Gasteiger partial charge in [-0.05, 0) is 23.3 Å². The average molecular weight is 239 g/mol. The van der Waals surface area contributed by atoms with E-state index < -0.39 is 0 Å². The predicted octanol–water partition coefficient (Wildman–Crippen LogP) is 3.01. The molecule has 92 valence electrons. The van der Waals surface area contributed by atoms with Gasteiger partial charge in [-0.15, -0.1) is 0 Å². The molecular formula is C16H17NO. The lowest BCUT2D eigenvalue weighted by Gasteiger charge is -2.29. The summed E-state index contributed by atoms with van der Waals surface area (Å²) in [5.41, 5.74) is 1.16. The van der Waals surface area contributed by atoms with Crippen LogP contribution in [0.1, 0.15) is 25.8 Å². The Hall–Kier alpha value is -1.83. The van der Waals surface area contributed by atoms with E-state index in [4.69, 9.17) is 0 Å². The fraction of sp³-hybridized carbons (Fsp3) is 0.312. The maximum atomic E-state index is 11.7. The summed E-state index contributed by atoms with van der Waals surface area (Å²) in [7, 11) is 0. The number of rotatable bonds is 1. The number of carbonyl (C=O) groups excluding carboxylic acids is 1. The van der Waals surface area contributed by atoms with Crippen LogP contribution in [0.4, 0.5) is 0 Å². The van der Waals surface area contributed by atoms with E-state index in [1.165, 1.54) is 16.3 Å². The van der Waals surface area contributed by atoms with Gasteiger partial charge >= 0.3 is 0 Å². The molecule has 1 amide bonds. The Kier molecular flexibility index (Phi) is 2.40. The van der Waals surface area contributed by atoms with Gasteiger partial charge in [0, 0.05) is 17.9 Å². The number of hydrogen-bond donors (Lipinski definition) is 1. The molecular weight excluding hydrogens is 222 g/mol. The van der Waals surface area contributed by atoms with Crippen LogP contribution < -0.4 is 5.32 Å². The minimum Gasteiger partial charge on any atom is -0.353 e. The molecule has 1 fully saturated rings. The standard InChI is InChI=1S/C16H17NO/c1-11-16(2,10-15(18)17-11)14-9-5-7-12-6-3-4-8-13(12)14/h3-9,11H,10H2,1-2H3,(H,17,18). The van der Waals surface area contributed by atoms with Gasteiger partial charge in [-0.1, -0.05) is 49.4 Å². The van der Waals surface area contributed by atoms with Gasteiger partial charge in [-0.3, -0.25) is 4.79 Å². The third kappa shape index (κ3) is 1.52. The first kappa shape index (κ1) is 11.3. The van der Waals surface area contributed by atoms with E-state index in [0.29, 0.717) is 6.42 Å². The third-order valence-electron chi connectivity index (χ3n) is 4.27. The molecule has 2 aromatic carbocycles. The highest BCUT2D eigenvalue weighted by Gasteiger charge is 2.42. The lowest BCUT2D eigenvalue weighted by molar-refractivity contribution is -0.119. The molecule has 2 atom stereocenters. The monoisotopic (exact) mass is 239 g/mol. The van der Waals surface area contributed by atoms with Crippen LogP contribution in [0.3, 0.4) is 0 Å². The first-order valence-corrected chi connectivity index (χ1v) is 6.39. The van der Waals surface area contributed by atoms with Crippen LogP contribution >= 0.6 is 0 Å². The summed E-state index contributed by atoms with van der Waals surface area (Å²) in [6.07, 6.45) is 0.572. The molecule has 1 N–H and O–H groups in total. The fourth-order valence-corrected chi connectivity index (χ4v) is 2.99. The van der Waals surface area contributed by atoms with Crippen LogP contribution in [-0.4, -0.2) is 11.9 Å². The maximum Gasteiger partial charge on any atom is 0.221 e. The van der Waals surface area contributed by atoms with Gasteiger partial charge in [0.1, 0.15) is 0 Å². The van der Waals surface area contributed by atoms with E-state index in [9.17, 15) is 4.79 Å². The van der Waals surface area contributed by atoms with E-state index in [1.807, 2.05) is 0 Å². The highest BCUT2D eigenvalue weighted by molar-refractivity contribution is 5.89. The molecule has 0 spiro atoms. The molecule has 1 aliphatic rings. The van der Waals surface area contributed by atoms with Crippen LogP contribution in [0.25, 0.3) is 10.8 Å². The van der Waals surface area contributed by atoms with Gasteiger partial charge in [-0.2, -0.15) is 0 Å². The van der Waals surface area contributed by atoms with E-state index in [0.717, 1.165) is 0 Å². The Balaban J connectivity index is 2.23. The van der Waals surface area contributed by atoms with Crippen molar-refractivity contribution in [3.8, 4) is 0 Å². The quantitative estimate of drug-likeness (QED) is 0.814. The number of benzene rings is 2. The van der Waals surface area contributed by atoms with Crippen molar-refractivity contribution in [2.45, 2.75) is 31.7 Å². The van der Waals surface area contributed by atoms with Gasteiger partial charge in [0.15, 0.2) is 0 Å². The molecule has 3 rings (SSSR count). The van der Waals surface area contributed by atoms with E-state index in [2.05, 4.69) is 61.6 Å². The van der Waals surface area contributed by atoms with Gasteiger partial charge in [-0.25, -0.2) is 0 Å². The second kappa shape index (κ2) is 3.84. The van der Waals surface area contributed by atoms with E-state index in [-0.39, 0.29) is 17.4 Å². The number of amides is 1. The zero-order valence-electron chi connectivity index (χ0n) is 10.7. The Morgan fingerprint density at radius 1 is 1.17 bits per heavy atom. The second-order valence-electron chi connectivity index (χ2n) is 5.41. The van der Waals surface area contributed by atoms with Crippen molar-refractivity contribution in [3.63, 3.8) is 0 Å². The van der Waals surface area contributed by atoms with Gasteiger partial charge < -0.3 is 5.32 Å². The molecule has 0 bridgehead atoms. The largest absolute Gasteiger partial charge is 0.353 e. The van der Waals surface area contributed by atoms with E-state index >= 15 is 0 Å². The summed E-state index contributed by atoms with van der Waals surface area (Å²) in [5.74, 6) is 0.151. The number of carbonyl (C=O) groups is 1. The SMILES string of the molecule is CC1NC(=O)CC1(C)c1cccc2ccccc12. The molecule has 1 saturated heterocycles. The molecule has 2 aromatic rings. The molecule has 1 aliphatic heterocycles. The number of fused-ring (bicyclic) bond motifs is 1. The van der Waals surface area contributed by atoms with Crippen LogP contribution in [0.5, 0.6) is 0 Å². The van der Waals surface area contributed by atoms with Crippen molar-refractivity contribution < 1.29 is 4.79 Å². The Morgan fingerprint density at radius 2 is 1.89 bits per heavy atom. The molecule has 0 aliphatic carbocycles. The molecule has 2 heteroatoms. The maximum absolute atomic E-state index is 11.7. The van der Waals surface area contributed by atoms with Crippen LogP contribution in [0.15, 0.2) is 42.5 Å². The lowest BCUT2D eigenvalue weighted by atomic mass is 9.75. The van der Waals surface area contributed by atoms with Gasteiger partial charge in [0.05, 0.1) is 0 Å². The predicted molar refractivity (Wildman–Crippen MR) is 73.5 cm³/mol. The molecule has 2 unspecified atom stereocenters. The van der Waals surface area contributed by atoms with Crippen molar-refractivity contribution in [2.75, 3.05) is 0 Å². The first-order chi connectivity index (χ1) is 8.61. The van der Waals surface area contributed by atoms with E-state index in [1.54, 1.807) is 0 Å². The van der Waals surface area contributed by atoms with Crippen molar-refractivity contribution in [1.82, 2.24) is 5.32 Å². The third-order valence-corrected chi connectivity index (χ3v) is 4.27. The lowest BCUT2D eigenvalue weighted by Crippen LogP contribution is -2.35. The topological polar surface area (TPSA) is 29.1 Å². The van der Waals surface area contributed by atoms with Crippen LogP contribution in [0.2, 0.25) is 0 Å². The molecule has 0 radical (unpaired) electrons. The normalized spacial score (nSPS) is 27.4. The summed E-state index contributed by atoms with van der Waals surface area (Å²) in [6.45, 7) is 4.27. The summed E-state index contributed by atoms with van der Waals surface area (Å²) in [4.78, 5) is 11.7. The molecule has 1 heterocycles. The van der Waals surface area contributed by atoms with Crippen molar-refractivity contribution in [1.29, 1.82) is 0 Å². The summed E-state index contributed by atoms with van der Waals surface area (Å²) < 4.78 is 0. The highest BCUT2D eigenvalue weighted by atomic mass is 16.2. The first-order valence-electron chi connectivity index (χ1n) is 6.39. The zero-order chi connectivity index (χ0) is 12.8. The van der Waals surface area contributed by atoms with Crippen molar-refractivity contribution in [3.05, 3.63) is 48.0 Å². The molecule has 2 nitrogen and oxygen atoms in total. The smallest absolute Gasteiger partial charge is 0.221 e. The average Bonchev–Trinajstić information content (AvgIpc) is 2.63. The summed E-state index contributed by atoms with van der Waals surface area (Å²) in [5, 5.41) is 5.53. The Morgan fingerprint density at radius 3 is 2.61 bits per heavy atom. The van der Waals surface area contributed by atoms with Gasteiger partial charge in [0.2, 0.25) is 5.91 Å².